The number of ketones is 1. The lowest BCUT2D eigenvalue weighted by atomic mass is 10.0. The first-order valence-corrected chi connectivity index (χ1v) is 12.6. The summed E-state index contributed by atoms with van der Waals surface area (Å²) < 4.78 is 27.3. The molecular weight excluding hydrogens is 434 g/mol. The van der Waals surface area contributed by atoms with Crippen LogP contribution in [0.25, 0.3) is 0 Å². The fraction of sp³-hybridized carbons (Fsp3) is 0.269. The van der Waals surface area contributed by atoms with Gasteiger partial charge in [-0.3, -0.25) is 4.79 Å². The molecule has 1 saturated heterocycles. The topological polar surface area (TPSA) is 69.7 Å². The maximum absolute atomic E-state index is 12.9. The number of benzene rings is 3. The number of Topliss-reactive ketones (excluding diaryl/α,β-unsaturated/α-hetero) is 1. The van der Waals surface area contributed by atoms with Crippen molar-refractivity contribution < 1.29 is 13.2 Å². The normalized spacial score (nSPS) is 15.3. The van der Waals surface area contributed by atoms with Crippen LogP contribution in [0, 0.1) is 0 Å². The molecule has 1 fully saturated rings. The van der Waals surface area contributed by atoms with Crippen LogP contribution in [-0.4, -0.2) is 56.6 Å². The molecule has 7 heteroatoms. The SMILES string of the molecule is CN1CCN(S(=O)(=O)c2ccc(CCC(=O)c3ccccc3Nc3ccccc3)cc2)CC1. The number of nitrogens with one attached hydrogen (secondary N) is 1. The van der Waals surface area contributed by atoms with Crippen LogP contribution in [0.3, 0.4) is 0 Å². The summed E-state index contributed by atoms with van der Waals surface area (Å²) in [5.41, 5.74) is 3.29. The lowest BCUT2D eigenvalue weighted by Gasteiger charge is -2.31. The number of carbonyl (C=O) groups excluding carboxylic acids is 1. The lowest BCUT2D eigenvalue weighted by molar-refractivity contribution is 0.0983. The van der Waals surface area contributed by atoms with E-state index in [2.05, 4.69) is 10.2 Å². The second-order valence-corrected chi connectivity index (χ2v) is 10.2. The molecule has 0 bridgehead atoms. The number of aryl methyl sites for hydroxylation is 1. The zero-order chi connectivity index (χ0) is 23.3. The van der Waals surface area contributed by atoms with Crippen molar-refractivity contribution in [2.75, 3.05) is 38.5 Å². The van der Waals surface area contributed by atoms with Gasteiger partial charge in [0.05, 0.1) is 4.90 Å². The van der Waals surface area contributed by atoms with Crippen molar-refractivity contribution >= 4 is 27.2 Å². The number of para-hydroxylation sites is 2. The Morgan fingerprint density at radius 2 is 1.48 bits per heavy atom. The average Bonchev–Trinajstić information content (AvgIpc) is 2.84. The molecule has 3 aromatic rings. The molecule has 4 rings (SSSR count). The third-order valence-corrected chi connectivity index (χ3v) is 7.86. The molecule has 172 valence electrons. The number of rotatable bonds is 8. The van der Waals surface area contributed by atoms with Crippen molar-refractivity contribution in [2.24, 2.45) is 0 Å². The van der Waals surface area contributed by atoms with Gasteiger partial charge in [0.15, 0.2) is 5.78 Å². The van der Waals surface area contributed by atoms with Gasteiger partial charge >= 0.3 is 0 Å². The van der Waals surface area contributed by atoms with Gasteiger partial charge in [-0.25, -0.2) is 8.42 Å². The molecule has 1 aliphatic rings. The van der Waals surface area contributed by atoms with Crippen molar-refractivity contribution in [1.29, 1.82) is 0 Å². The van der Waals surface area contributed by atoms with E-state index in [1.807, 2.05) is 73.8 Å². The van der Waals surface area contributed by atoms with Crippen LogP contribution in [0.2, 0.25) is 0 Å². The van der Waals surface area contributed by atoms with Crippen LogP contribution in [0.4, 0.5) is 11.4 Å². The average molecular weight is 464 g/mol. The van der Waals surface area contributed by atoms with Gasteiger partial charge in [0, 0.05) is 49.5 Å². The largest absolute Gasteiger partial charge is 0.355 e. The smallest absolute Gasteiger partial charge is 0.243 e. The number of piperazine rings is 1. The van der Waals surface area contributed by atoms with Gasteiger partial charge in [0.25, 0.3) is 0 Å². The van der Waals surface area contributed by atoms with Gasteiger partial charge in [-0.1, -0.05) is 42.5 Å². The maximum Gasteiger partial charge on any atom is 0.243 e. The molecule has 0 unspecified atom stereocenters. The molecule has 0 atom stereocenters. The molecule has 1 N–H and O–H groups in total. The number of hydrogen-bond acceptors (Lipinski definition) is 5. The van der Waals surface area contributed by atoms with Crippen molar-refractivity contribution in [3.63, 3.8) is 0 Å². The van der Waals surface area contributed by atoms with Crippen LogP contribution >= 0.6 is 0 Å². The number of likely N-dealkylation sites (N-methyl/N-ethyl adjacent to an activating group) is 1. The van der Waals surface area contributed by atoms with E-state index in [4.69, 9.17) is 0 Å². The highest BCUT2D eigenvalue weighted by Gasteiger charge is 2.27. The Labute approximate surface area is 195 Å². The molecule has 0 aliphatic carbocycles. The monoisotopic (exact) mass is 463 g/mol. The second-order valence-electron chi connectivity index (χ2n) is 8.31. The highest BCUT2D eigenvalue weighted by Crippen LogP contribution is 2.23. The minimum absolute atomic E-state index is 0.0446. The second kappa shape index (κ2) is 10.3. The third kappa shape index (κ3) is 5.68. The Morgan fingerprint density at radius 1 is 0.848 bits per heavy atom. The zero-order valence-electron chi connectivity index (χ0n) is 18.8. The third-order valence-electron chi connectivity index (χ3n) is 5.94. The fourth-order valence-corrected chi connectivity index (χ4v) is 5.33. The van der Waals surface area contributed by atoms with Crippen molar-refractivity contribution in [1.82, 2.24) is 9.21 Å². The van der Waals surface area contributed by atoms with Gasteiger partial charge in [-0.2, -0.15) is 4.31 Å². The predicted octanol–water partition coefficient (Wildman–Crippen LogP) is 4.18. The molecule has 0 radical (unpaired) electrons. The number of anilines is 2. The summed E-state index contributed by atoms with van der Waals surface area (Å²) in [4.78, 5) is 15.4. The summed E-state index contributed by atoms with van der Waals surface area (Å²) in [6, 6.07) is 24.2. The van der Waals surface area contributed by atoms with Gasteiger partial charge < -0.3 is 10.2 Å². The van der Waals surface area contributed by atoms with E-state index >= 15 is 0 Å². The van der Waals surface area contributed by atoms with Crippen molar-refractivity contribution in [3.05, 3.63) is 90.0 Å². The minimum atomic E-state index is -3.48. The Hall–Kier alpha value is -3.00. The molecule has 0 saturated carbocycles. The summed E-state index contributed by atoms with van der Waals surface area (Å²) in [7, 11) is -1.48. The molecule has 6 nitrogen and oxygen atoms in total. The lowest BCUT2D eigenvalue weighted by Crippen LogP contribution is -2.46. The fourth-order valence-electron chi connectivity index (χ4n) is 3.91. The van der Waals surface area contributed by atoms with E-state index in [1.165, 1.54) is 0 Å². The number of sulfonamides is 1. The van der Waals surface area contributed by atoms with Crippen LogP contribution < -0.4 is 5.32 Å². The Kier molecular flexibility index (Phi) is 7.23. The Bertz CT molecular complexity index is 1190. The first-order chi connectivity index (χ1) is 15.9. The van der Waals surface area contributed by atoms with Gasteiger partial charge in [-0.05, 0) is 55.4 Å². The predicted molar refractivity (Wildman–Crippen MR) is 132 cm³/mol. The quantitative estimate of drug-likeness (QED) is 0.508. The van der Waals surface area contributed by atoms with Gasteiger partial charge in [0.2, 0.25) is 10.0 Å². The van der Waals surface area contributed by atoms with Crippen molar-refractivity contribution in [2.45, 2.75) is 17.7 Å². The highest BCUT2D eigenvalue weighted by atomic mass is 32.2. The van der Waals surface area contributed by atoms with Gasteiger partial charge in [-0.15, -0.1) is 0 Å². The van der Waals surface area contributed by atoms with E-state index in [9.17, 15) is 13.2 Å². The van der Waals surface area contributed by atoms with Crippen LogP contribution in [-0.2, 0) is 16.4 Å². The summed E-state index contributed by atoms with van der Waals surface area (Å²) in [6.07, 6.45) is 0.894. The molecule has 1 aliphatic heterocycles. The Balaban J connectivity index is 1.39. The first kappa shape index (κ1) is 23.2. The number of nitrogens with zero attached hydrogens (tertiary/aromatic N) is 2. The Morgan fingerprint density at radius 3 is 2.18 bits per heavy atom. The molecule has 0 amide bonds. The van der Waals surface area contributed by atoms with Gasteiger partial charge in [0.1, 0.15) is 0 Å². The summed E-state index contributed by atoms with van der Waals surface area (Å²) in [5, 5.41) is 3.31. The molecule has 0 spiro atoms. The van der Waals surface area contributed by atoms with Crippen LogP contribution in [0.15, 0.2) is 83.8 Å². The summed E-state index contributed by atoms with van der Waals surface area (Å²) >= 11 is 0. The summed E-state index contributed by atoms with van der Waals surface area (Å²) in [6.45, 7) is 2.48. The summed E-state index contributed by atoms with van der Waals surface area (Å²) in [5.74, 6) is 0.0446. The van der Waals surface area contributed by atoms with E-state index in [0.29, 0.717) is 36.4 Å². The molecule has 33 heavy (non-hydrogen) atoms. The number of hydrogen-bond donors (Lipinski definition) is 1. The highest BCUT2D eigenvalue weighted by molar-refractivity contribution is 7.89. The van der Waals surface area contributed by atoms with Crippen LogP contribution in [0.5, 0.6) is 0 Å². The minimum Gasteiger partial charge on any atom is -0.355 e. The van der Waals surface area contributed by atoms with E-state index in [1.54, 1.807) is 16.4 Å². The zero-order valence-corrected chi connectivity index (χ0v) is 19.6. The van der Waals surface area contributed by atoms with Crippen molar-refractivity contribution in [3.8, 4) is 0 Å². The van der Waals surface area contributed by atoms with E-state index < -0.39 is 10.0 Å². The molecular formula is C26H29N3O3S. The molecule has 0 aromatic heterocycles. The standard InChI is InChI=1S/C26H29N3O3S/c1-28-17-19-29(20-18-28)33(31,32)23-14-11-21(12-15-23)13-16-26(30)24-9-5-6-10-25(24)27-22-7-3-2-4-8-22/h2-12,14-15,27H,13,16-20H2,1H3. The van der Waals surface area contributed by atoms with E-state index in [-0.39, 0.29) is 5.78 Å². The number of carbonyl (C=O) groups is 1. The molecule has 3 aromatic carbocycles. The van der Waals surface area contributed by atoms with Crippen LogP contribution in [0.1, 0.15) is 22.3 Å². The maximum atomic E-state index is 12.9. The van der Waals surface area contributed by atoms with E-state index in [0.717, 1.165) is 30.0 Å². The molecule has 1 heterocycles. The first-order valence-electron chi connectivity index (χ1n) is 11.2.